The molecule has 3 fully saturated rings. The number of aromatic nitrogens is 14. The third-order valence-corrected chi connectivity index (χ3v) is 22.4. The molecule has 0 aliphatic carbocycles. The lowest BCUT2D eigenvalue weighted by Gasteiger charge is -2.32. The van der Waals surface area contributed by atoms with Crippen molar-refractivity contribution in [2.45, 2.75) is 117 Å². The molecule has 8 aromatic carbocycles. The van der Waals surface area contributed by atoms with Crippen molar-refractivity contribution in [1.82, 2.24) is 69.8 Å². The molecule has 0 radical (unpaired) electrons. The van der Waals surface area contributed by atoms with Crippen molar-refractivity contribution in [3.05, 3.63) is 274 Å². The van der Waals surface area contributed by atoms with Gasteiger partial charge in [0.2, 0.25) is 0 Å². The molecule has 11 heterocycles. The van der Waals surface area contributed by atoms with Gasteiger partial charge in [0.25, 0.3) is 0 Å². The van der Waals surface area contributed by atoms with Crippen molar-refractivity contribution >= 4 is 81.1 Å². The summed E-state index contributed by atoms with van der Waals surface area (Å²) in [5, 5.41) is 6.64. The van der Waals surface area contributed by atoms with E-state index in [-0.39, 0.29) is 11.2 Å². The highest BCUT2D eigenvalue weighted by molar-refractivity contribution is 6.63. The number of nitrogens with zero attached hydrogens (tertiary/aromatic N) is 14. The lowest BCUT2D eigenvalue weighted by atomic mass is 9.79. The van der Waals surface area contributed by atoms with Crippen molar-refractivity contribution < 1.29 is 27.9 Å². The van der Waals surface area contributed by atoms with Crippen molar-refractivity contribution in [3.63, 3.8) is 0 Å². The van der Waals surface area contributed by atoms with Crippen LogP contribution in [0, 0.1) is 0 Å². The van der Waals surface area contributed by atoms with Crippen LogP contribution in [0.15, 0.2) is 274 Å². The number of para-hydroxylation sites is 2. The summed E-state index contributed by atoms with van der Waals surface area (Å²) in [6.07, 6.45) is 10.6. The van der Waals surface area contributed by atoms with Crippen molar-refractivity contribution in [2.24, 2.45) is 0 Å². The summed E-state index contributed by atoms with van der Waals surface area (Å²) in [7, 11) is -1.29. The van der Waals surface area contributed by atoms with E-state index >= 15 is 0 Å². The number of benzene rings is 8. The predicted molar refractivity (Wildman–Crippen MR) is 455 cm³/mol. The smallest absolute Gasteiger partial charge is 0.399 e. The molecule has 0 saturated carbocycles. The maximum Gasteiger partial charge on any atom is 0.494 e. The molecule has 564 valence electrons. The first kappa shape index (κ1) is 75.2. The molecule has 16 aromatic rings. The molecular weight excluding hydrogens is 1430 g/mol. The molecule has 0 atom stereocenters. The van der Waals surface area contributed by atoms with Gasteiger partial charge in [-0.25, -0.2) is 44.9 Å². The van der Waals surface area contributed by atoms with Crippen LogP contribution in [0.4, 0.5) is 0 Å². The van der Waals surface area contributed by atoms with Gasteiger partial charge in [-0.05, 0) is 188 Å². The summed E-state index contributed by atoms with van der Waals surface area (Å²) in [5.74, 6) is 4.98. The van der Waals surface area contributed by atoms with E-state index in [0.29, 0.717) is 63.8 Å². The SMILES string of the molecule is CC1(C)OB(c2ccc(-c3nc(-c4ccccn4)nc(-c4ccccn4)n3)cc2)OC1(C)C.CC1(C)OB(c2ccc(-c3nc(-c4cccnc4)nc(-c4cc5ccccc5c5ccccc45)n3)cc2)OC1(C)C.CC1(C)OB(c2ccc(-c3nc(-c4cnc5ccccc5c4)nc(-c4cnc5ccccc5c4)n3)cc2)OC1(C)C. The fourth-order valence-electron chi connectivity index (χ4n) is 13.7. The first-order chi connectivity index (χ1) is 55.4. The van der Waals surface area contributed by atoms with Crippen LogP contribution in [0.1, 0.15) is 83.1 Å². The topological polar surface area (TPSA) is 236 Å². The summed E-state index contributed by atoms with van der Waals surface area (Å²) >= 11 is 0. The van der Waals surface area contributed by atoms with Crippen LogP contribution in [0.5, 0.6) is 0 Å². The lowest BCUT2D eigenvalue weighted by molar-refractivity contribution is 0.00578. The zero-order valence-corrected chi connectivity index (χ0v) is 65.9. The standard InChI is InChI=1S/C34H29BN4O2.C33H28BN5O2.C25H24BN5O2/c1-33(2)34(3,4)41-35(40-33)25-17-15-22(16-18-25)30-37-31(24-11-9-19-36-21-24)39-32(38-30)29-20-23-10-5-6-12-26(23)27-13-7-8-14-28(27)29;1-32(2)33(3,4)41-34(40-32)26-15-13-21(14-16-26)29-37-30(24-17-22-9-5-7-11-27(22)35-19-24)39-31(38-29)25-18-23-10-6-8-12-28(23)36-20-25;1-24(2)25(3,4)33-26(32-24)18-13-11-17(12-14-18)21-29-22(19-9-5-7-15-27-19)31-23(30-21)20-10-6-8-16-28-20/h5-21H,1-4H3;5-20H,1-4H3;5-16H,1-4H3. The highest BCUT2D eigenvalue weighted by Gasteiger charge is 2.54. The van der Waals surface area contributed by atoms with Gasteiger partial charge in [-0.2, -0.15) is 0 Å². The number of hydrogen-bond acceptors (Lipinski definition) is 20. The highest BCUT2D eigenvalue weighted by atomic mass is 16.7. The Kier molecular flexibility index (Phi) is 19.7. The van der Waals surface area contributed by atoms with E-state index in [9.17, 15) is 0 Å². The average Bonchev–Trinajstić information content (AvgIpc) is 1.60. The fraction of sp³-hybridized carbons (Fsp3) is 0.196. The molecule has 8 aromatic heterocycles. The Hall–Kier alpha value is -12.5. The van der Waals surface area contributed by atoms with Gasteiger partial charge in [0, 0.05) is 86.9 Å². The second-order valence-electron chi connectivity index (χ2n) is 31.7. The summed E-state index contributed by atoms with van der Waals surface area (Å²) in [6.45, 7) is 24.6. The van der Waals surface area contributed by atoms with E-state index < -0.39 is 43.8 Å². The van der Waals surface area contributed by atoms with Crippen LogP contribution in [0.25, 0.3) is 146 Å². The van der Waals surface area contributed by atoms with Gasteiger partial charge >= 0.3 is 21.4 Å². The monoisotopic (exact) mass is 1510 g/mol. The van der Waals surface area contributed by atoms with Gasteiger partial charge < -0.3 is 27.9 Å². The molecule has 3 aliphatic heterocycles. The van der Waals surface area contributed by atoms with Crippen molar-refractivity contribution in [3.8, 4) is 103 Å². The molecule has 3 saturated heterocycles. The molecule has 0 unspecified atom stereocenters. The number of pyridine rings is 5. The quantitative estimate of drug-likeness (QED) is 0.0816. The predicted octanol–water partition coefficient (Wildman–Crippen LogP) is 17.1. The molecule has 23 heteroatoms. The van der Waals surface area contributed by atoms with Crippen LogP contribution < -0.4 is 16.4 Å². The van der Waals surface area contributed by atoms with Gasteiger partial charge in [0.1, 0.15) is 11.4 Å². The van der Waals surface area contributed by atoms with Crippen LogP contribution in [-0.2, 0) is 27.9 Å². The first-order valence-corrected chi connectivity index (χ1v) is 38.4. The van der Waals surface area contributed by atoms with Crippen molar-refractivity contribution in [2.75, 3.05) is 0 Å². The lowest BCUT2D eigenvalue weighted by Crippen LogP contribution is -2.41. The van der Waals surface area contributed by atoms with Gasteiger partial charge in [-0.1, -0.05) is 170 Å². The molecule has 3 aliphatic rings. The second-order valence-corrected chi connectivity index (χ2v) is 31.7. The average molecular weight is 1510 g/mol. The van der Waals surface area contributed by atoms with Gasteiger partial charge in [0.15, 0.2) is 52.4 Å². The summed E-state index contributed by atoms with van der Waals surface area (Å²) in [5.41, 5.74) is 9.65. The molecule has 0 bridgehead atoms. The summed E-state index contributed by atoms with van der Waals surface area (Å²) < 4.78 is 37.3. The van der Waals surface area contributed by atoms with E-state index in [0.717, 1.165) is 93.3 Å². The maximum atomic E-state index is 6.26. The van der Waals surface area contributed by atoms with Gasteiger partial charge in [-0.15, -0.1) is 0 Å². The minimum atomic E-state index is -0.439. The Labute approximate surface area is 668 Å². The van der Waals surface area contributed by atoms with E-state index in [1.807, 2.05) is 210 Å². The number of fused-ring (bicyclic) bond motifs is 5. The molecule has 19 rings (SSSR count). The van der Waals surface area contributed by atoms with E-state index in [2.05, 4.69) is 152 Å². The maximum absolute atomic E-state index is 6.26. The van der Waals surface area contributed by atoms with Crippen LogP contribution in [-0.4, -0.2) is 125 Å². The van der Waals surface area contributed by atoms with Crippen LogP contribution in [0.2, 0.25) is 0 Å². The van der Waals surface area contributed by atoms with Crippen LogP contribution in [0.3, 0.4) is 0 Å². The molecular formula is C92H81B3N14O6. The Morgan fingerprint density at radius 2 is 0.565 bits per heavy atom. The third kappa shape index (κ3) is 15.3. The van der Waals surface area contributed by atoms with Crippen LogP contribution >= 0.6 is 0 Å². The second kappa shape index (κ2) is 30.1. The van der Waals surface area contributed by atoms with E-state index in [1.54, 1.807) is 24.8 Å². The van der Waals surface area contributed by atoms with Crippen molar-refractivity contribution in [1.29, 1.82) is 0 Å². The molecule has 0 N–H and O–H groups in total. The van der Waals surface area contributed by atoms with E-state index in [1.165, 1.54) is 5.39 Å². The minimum absolute atomic E-state index is 0.389. The molecule has 0 spiro atoms. The Morgan fingerprint density at radius 3 is 0.957 bits per heavy atom. The van der Waals surface area contributed by atoms with Gasteiger partial charge in [0.05, 0.1) is 44.6 Å². The Bertz CT molecular complexity index is 6090. The minimum Gasteiger partial charge on any atom is -0.399 e. The van der Waals surface area contributed by atoms with E-state index in [4.69, 9.17) is 67.8 Å². The molecule has 115 heavy (non-hydrogen) atoms. The third-order valence-electron chi connectivity index (χ3n) is 22.4. The Morgan fingerprint density at radius 1 is 0.235 bits per heavy atom. The summed E-state index contributed by atoms with van der Waals surface area (Å²) in [6, 6.07) is 78.3. The Balaban J connectivity index is 0.000000125. The number of hydrogen-bond donors (Lipinski definition) is 0. The zero-order chi connectivity index (χ0) is 79.4. The first-order valence-electron chi connectivity index (χ1n) is 38.4. The summed E-state index contributed by atoms with van der Waals surface area (Å²) in [4.78, 5) is 66.0. The zero-order valence-electron chi connectivity index (χ0n) is 65.9. The number of rotatable bonds is 12. The molecule has 0 amide bonds. The largest absolute Gasteiger partial charge is 0.494 e. The molecule has 20 nitrogen and oxygen atoms in total. The highest BCUT2D eigenvalue weighted by Crippen LogP contribution is 2.41. The fourth-order valence-corrected chi connectivity index (χ4v) is 13.7. The normalized spacial score (nSPS) is 16.2. The van der Waals surface area contributed by atoms with Gasteiger partial charge in [-0.3, -0.25) is 24.9 Å².